The summed E-state index contributed by atoms with van der Waals surface area (Å²) in [5.74, 6) is 0.180. The number of nitrogens with two attached hydrogens (primary N) is 1. The van der Waals surface area contributed by atoms with Gasteiger partial charge in [0, 0.05) is 54.6 Å². The topological polar surface area (TPSA) is 137 Å². The molecule has 0 bridgehead atoms. The highest BCUT2D eigenvalue weighted by atomic mass is 32.2. The van der Waals surface area contributed by atoms with E-state index in [4.69, 9.17) is 5.73 Å². The van der Waals surface area contributed by atoms with Crippen LogP contribution in [0.25, 0.3) is 0 Å². The van der Waals surface area contributed by atoms with Gasteiger partial charge in [-0.05, 0) is 66.4 Å². The molecule has 9 nitrogen and oxygen atoms in total. The molecule has 0 fully saturated rings. The number of carbonyl (C=O) groups excluding carboxylic acids is 1. The van der Waals surface area contributed by atoms with Crippen molar-refractivity contribution in [2.45, 2.75) is 38.3 Å². The van der Waals surface area contributed by atoms with Crippen LogP contribution in [0.5, 0.6) is 0 Å². The minimum absolute atomic E-state index is 0.138. The molecule has 1 aromatic carbocycles. The molecule has 10 heteroatoms. The van der Waals surface area contributed by atoms with Crippen molar-refractivity contribution in [3.05, 3.63) is 117 Å². The van der Waals surface area contributed by atoms with Gasteiger partial charge >= 0.3 is 0 Å². The first kappa shape index (κ1) is 26.7. The summed E-state index contributed by atoms with van der Waals surface area (Å²) in [6, 6.07) is 15.0. The fourth-order valence-electron chi connectivity index (χ4n) is 4.31. The van der Waals surface area contributed by atoms with Crippen molar-refractivity contribution in [2.24, 2.45) is 0 Å². The molecule has 0 aliphatic rings. The van der Waals surface area contributed by atoms with Gasteiger partial charge in [0.05, 0.1) is 11.4 Å². The van der Waals surface area contributed by atoms with Crippen molar-refractivity contribution >= 4 is 21.6 Å². The number of sulfone groups is 1. The third kappa shape index (κ3) is 6.33. The number of carbonyl (C=O) groups is 1. The average Bonchev–Trinajstić information content (AvgIpc) is 2.85. The molecule has 3 aromatic heterocycles. The summed E-state index contributed by atoms with van der Waals surface area (Å²) in [7, 11) is -3.56. The lowest BCUT2D eigenvalue weighted by atomic mass is 10.0. The zero-order valence-electron chi connectivity index (χ0n) is 21.4. The van der Waals surface area contributed by atoms with Crippen LogP contribution in [0.3, 0.4) is 0 Å². The Bertz CT molecular complexity index is 1660. The van der Waals surface area contributed by atoms with Gasteiger partial charge in [-0.15, -0.1) is 0 Å². The van der Waals surface area contributed by atoms with E-state index in [9.17, 15) is 18.0 Å². The van der Waals surface area contributed by atoms with Gasteiger partial charge < -0.3 is 15.6 Å². The zero-order chi connectivity index (χ0) is 27.4. The maximum absolute atomic E-state index is 12.9. The third-order valence-electron chi connectivity index (χ3n) is 6.23. The monoisotopic (exact) mass is 531 g/mol. The van der Waals surface area contributed by atoms with Gasteiger partial charge in [0.15, 0.2) is 9.84 Å². The molecule has 4 aromatic rings. The zero-order valence-corrected chi connectivity index (χ0v) is 22.2. The molecule has 1 amide bonds. The molecular formula is C28H29N5O4S. The molecule has 0 spiro atoms. The van der Waals surface area contributed by atoms with Gasteiger partial charge in [-0.2, -0.15) is 0 Å². The largest absolute Gasteiger partial charge is 0.384 e. The molecule has 0 atom stereocenters. The first-order valence-corrected chi connectivity index (χ1v) is 13.8. The molecule has 0 aliphatic carbocycles. The number of hydrogen-bond acceptors (Lipinski definition) is 7. The molecule has 196 valence electrons. The van der Waals surface area contributed by atoms with Crippen LogP contribution in [0, 0.1) is 13.8 Å². The summed E-state index contributed by atoms with van der Waals surface area (Å²) < 4.78 is 26.6. The number of aryl methyl sites for hydroxylation is 2. The Hall–Kier alpha value is -4.31. The summed E-state index contributed by atoms with van der Waals surface area (Å²) >= 11 is 0. The number of aromatic nitrogens is 3. The van der Waals surface area contributed by atoms with Crippen molar-refractivity contribution < 1.29 is 13.2 Å². The molecule has 3 N–H and O–H groups in total. The molecule has 38 heavy (non-hydrogen) atoms. The highest BCUT2D eigenvalue weighted by Crippen LogP contribution is 2.21. The van der Waals surface area contributed by atoms with Crippen LogP contribution < -0.4 is 16.6 Å². The lowest BCUT2D eigenvalue weighted by Gasteiger charge is -2.13. The molecule has 0 unspecified atom stereocenters. The van der Waals surface area contributed by atoms with Gasteiger partial charge in [0.25, 0.3) is 11.5 Å². The van der Waals surface area contributed by atoms with E-state index in [-0.39, 0.29) is 22.9 Å². The van der Waals surface area contributed by atoms with Crippen LogP contribution >= 0.6 is 0 Å². The summed E-state index contributed by atoms with van der Waals surface area (Å²) in [4.78, 5) is 33.8. The van der Waals surface area contributed by atoms with Crippen molar-refractivity contribution in [1.82, 2.24) is 19.9 Å². The fraction of sp³-hybridized carbons (Fsp3) is 0.214. The summed E-state index contributed by atoms with van der Waals surface area (Å²) in [5.41, 5.74) is 10.5. The smallest absolute Gasteiger partial charge is 0.251 e. The molecule has 0 saturated heterocycles. The van der Waals surface area contributed by atoms with Gasteiger partial charge in [-0.3, -0.25) is 14.6 Å². The summed E-state index contributed by atoms with van der Waals surface area (Å²) in [6.45, 7) is 4.22. The number of nitrogens with one attached hydrogen (secondary N) is 1. The van der Waals surface area contributed by atoms with Gasteiger partial charge in [0.1, 0.15) is 5.82 Å². The minimum Gasteiger partial charge on any atom is -0.384 e. The second kappa shape index (κ2) is 11.0. The maximum Gasteiger partial charge on any atom is 0.251 e. The Kier molecular flexibility index (Phi) is 7.72. The van der Waals surface area contributed by atoms with Crippen molar-refractivity contribution in [3.8, 4) is 0 Å². The lowest BCUT2D eigenvalue weighted by molar-refractivity contribution is 0.0950. The van der Waals surface area contributed by atoms with E-state index >= 15 is 0 Å². The number of pyridine rings is 3. The van der Waals surface area contributed by atoms with Crippen molar-refractivity contribution in [2.75, 3.05) is 12.0 Å². The first-order chi connectivity index (χ1) is 18.0. The minimum atomic E-state index is -3.56. The second-order valence-corrected chi connectivity index (χ2v) is 11.2. The normalized spacial score (nSPS) is 11.3. The Labute approximate surface area is 221 Å². The van der Waals surface area contributed by atoms with E-state index in [0.29, 0.717) is 35.6 Å². The summed E-state index contributed by atoms with van der Waals surface area (Å²) in [6.07, 6.45) is 4.65. The third-order valence-corrected chi connectivity index (χ3v) is 7.41. The Morgan fingerprint density at radius 3 is 2.58 bits per heavy atom. The number of benzene rings is 1. The first-order valence-electron chi connectivity index (χ1n) is 11.9. The number of nitrogens with zero attached hydrogens (tertiary/aromatic N) is 3. The van der Waals surface area contributed by atoms with E-state index < -0.39 is 9.84 Å². The maximum atomic E-state index is 12.9. The van der Waals surface area contributed by atoms with Crippen LogP contribution in [0.2, 0.25) is 0 Å². The van der Waals surface area contributed by atoms with E-state index in [1.807, 2.05) is 19.9 Å². The Morgan fingerprint density at radius 1 is 1.08 bits per heavy atom. The van der Waals surface area contributed by atoms with Gasteiger partial charge in [-0.1, -0.05) is 18.2 Å². The Balaban J connectivity index is 1.53. The predicted molar refractivity (Wildman–Crippen MR) is 146 cm³/mol. The van der Waals surface area contributed by atoms with E-state index in [1.54, 1.807) is 54.9 Å². The van der Waals surface area contributed by atoms with Crippen LogP contribution in [0.4, 0.5) is 5.82 Å². The molecule has 3 heterocycles. The van der Waals surface area contributed by atoms with Crippen LogP contribution in [-0.4, -0.2) is 35.1 Å². The highest BCUT2D eigenvalue weighted by Gasteiger charge is 2.16. The van der Waals surface area contributed by atoms with Gasteiger partial charge in [0.2, 0.25) is 0 Å². The van der Waals surface area contributed by atoms with Crippen LogP contribution in [-0.2, 0) is 29.3 Å². The van der Waals surface area contributed by atoms with Crippen molar-refractivity contribution in [3.63, 3.8) is 0 Å². The molecule has 4 rings (SSSR count). The van der Waals surface area contributed by atoms with Gasteiger partial charge in [-0.25, -0.2) is 13.4 Å². The standard InChI is InChI=1S/C28H29N5O4S/c1-18-12-26(29)32-19(2)24(18)16-31-28(35)21-9-10-30-23(15-21)13-20-7-8-22(25(14-20)38(3,36)37)17-33-11-5-4-6-27(33)34/h4-12,14-15H,13,16-17H2,1-3H3,(H2,29,32)(H,31,35). The van der Waals surface area contributed by atoms with Crippen molar-refractivity contribution in [1.29, 1.82) is 0 Å². The van der Waals surface area contributed by atoms with Crippen LogP contribution in [0.1, 0.15) is 44.0 Å². The molecular weight excluding hydrogens is 502 g/mol. The molecule has 0 saturated carbocycles. The average molecular weight is 532 g/mol. The number of nitrogen functional groups attached to an aromatic ring is 1. The molecule has 0 aliphatic heterocycles. The number of amides is 1. The SMILES string of the molecule is Cc1cc(N)nc(C)c1CNC(=O)c1ccnc(Cc2ccc(Cn3ccccc3=O)c(S(C)(=O)=O)c2)c1. The quantitative estimate of drug-likeness (QED) is 0.357. The number of hydrogen-bond donors (Lipinski definition) is 2. The number of rotatable bonds is 8. The van der Waals surface area contributed by atoms with E-state index in [0.717, 1.165) is 28.6 Å². The summed E-state index contributed by atoms with van der Waals surface area (Å²) in [5, 5.41) is 2.92. The number of anilines is 1. The van der Waals surface area contributed by atoms with E-state index in [1.165, 1.54) is 10.6 Å². The fourth-order valence-corrected chi connectivity index (χ4v) is 5.28. The van der Waals surface area contributed by atoms with E-state index in [2.05, 4.69) is 15.3 Å². The highest BCUT2D eigenvalue weighted by molar-refractivity contribution is 7.90. The Morgan fingerprint density at radius 2 is 1.87 bits per heavy atom. The molecule has 0 radical (unpaired) electrons. The second-order valence-electron chi connectivity index (χ2n) is 9.20. The van der Waals surface area contributed by atoms with Crippen LogP contribution in [0.15, 0.2) is 76.7 Å². The lowest BCUT2D eigenvalue weighted by Crippen LogP contribution is -2.24. The predicted octanol–water partition coefficient (Wildman–Crippen LogP) is 2.81.